The molecule has 0 fully saturated rings. The summed E-state index contributed by atoms with van der Waals surface area (Å²) in [7, 11) is 0. The molecule has 3 rings (SSSR count). The number of nitrogens with zero attached hydrogens (tertiary/aromatic N) is 2. The number of carbonyl (C=O) groups is 2. The van der Waals surface area contributed by atoms with E-state index < -0.39 is 5.60 Å². The van der Waals surface area contributed by atoms with Crippen molar-refractivity contribution in [1.82, 2.24) is 15.1 Å². The van der Waals surface area contributed by atoms with Crippen LogP contribution in [0.2, 0.25) is 0 Å². The largest absolute Gasteiger partial charge is 0.444 e. The minimum Gasteiger partial charge on any atom is -0.444 e. The third-order valence-electron chi connectivity index (χ3n) is 5.23. The number of fused-ring (bicyclic) bond motifs is 1. The van der Waals surface area contributed by atoms with Crippen molar-refractivity contribution in [3.8, 4) is 11.3 Å². The van der Waals surface area contributed by atoms with Crippen LogP contribution in [0.3, 0.4) is 0 Å². The van der Waals surface area contributed by atoms with E-state index in [1.807, 2.05) is 70.2 Å². The fourth-order valence-corrected chi connectivity index (χ4v) is 3.60. The maximum atomic E-state index is 12.5. The van der Waals surface area contributed by atoms with E-state index in [0.717, 1.165) is 10.9 Å². The van der Waals surface area contributed by atoms with Crippen LogP contribution in [0.15, 0.2) is 53.3 Å². The highest BCUT2D eigenvalue weighted by Crippen LogP contribution is 2.26. The Bertz CT molecular complexity index is 1210. The molecule has 34 heavy (non-hydrogen) atoms. The van der Waals surface area contributed by atoms with Gasteiger partial charge >= 0.3 is 6.09 Å². The minimum atomic E-state index is -0.532. The van der Waals surface area contributed by atoms with Crippen LogP contribution >= 0.6 is 0 Å². The molecular formula is C26H32N4O4. The zero-order valence-corrected chi connectivity index (χ0v) is 20.2. The van der Waals surface area contributed by atoms with Gasteiger partial charge in [0.1, 0.15) is 5.60 Å². The predicted molar refractivity (Wildman–Crippen MR) is 134 cm³/mol. The van der Waals surface area contributed by atoms with Gasteiger partial charge in [0, 0.05) is 36.1 Å². The van der Waals surface area contributed by atoms with E-state index in [2.05, 4.69) is 15.5 Å². The molecule has 2 amide bonds. The molecule has 0 saturated heterocycles. The molecule has 0 spiro atoms. The van der Waals surface area contributed by atoms with Gasteiger partial charge in [-0.1, -0.05) is 30.3 Å². The van der Waals surface area contributed by atoms with E-state index in [1.54, 1.807) is 11.0 Å². The summed E-state index contributed by atoms with van der Waals surface area (Å²) in [6.07, 6.45) is 1.36. The second-order valence-electron chi connectivity index (χ2n) is 9.09. The van der Waals surface area contributed by atoms with Crippen molar-refractivity contribution in [3.05, 3.63) is 58.9 Å². The number of rotatable bonds is 8. The van der Waals surface area contributed by atoms with Gasteiger partial charge < -0.3 is 15.0 Å². The third kappa shape index (κ3) is 6.66. The average molecular weight is 465 g/mol. The summed E-state index contributed by atoms with van der Waals surface area (Å²) in [5.74, 6) is -0.100. The van der Waals surface area contributed by atoms with Crippen molar-refractivity contribution in [2.24, 2.45) is 0 Å². The second-order valence-corrected chi connectivity index (χ2v) is 9.09. The van der Waals surface area contributed by atoms with Gasteiger partial charge in [-0.2, -0.15) is 5.10 Å². The fourth-order valence-electron chi connectivity index (χ4n) is 3.60. The molecule has 8 nitrogen and oxygen atoms in total. The molecular weight excluding hydrogens is 432 g/mol. The number of hydrogen-bond donors (Lipinski definition) is 2. The number of nitrogens with one attached hydrogen (secondary N) is 2. The lowest BCUT2D eigenvalue weighted by atomic mass is 10.0. The Balaban J connectivity index is 1.57. The lowest BCUT2D eigenvalue weighted by Crippen LogP contribution is -2.37. The summed E-state index contributed by atoms with van der Waals surface area (Å²) in [5, 5.41) is 11.0. The summed E-state index contributed by atoms with van der Waals surface area (Å²) in [4.78, 5) is 38.4. The van der Waals surface area contributed by atoms with Gasteiger partial charge in [-0.25, -0.2) is 9.89 Å². The summed E-state index contributed by atoms with van der Waals surface area (Å²) >= 11 is 0. The number of aromatic nitrogens is 2. The van der Waals surface area contributed by atoms with Crippen molar-refractivity contribution in [1.29, 1.82) is 0 Å². The first-order valence-electron chi connectivity index (χ1n) is 11.5. The van der Waals surface area contributed by atoms with Crippen molar-refractivity contribution in [2.45, 2.75) is 52.6 Å². The van der Waals surface area contributed by atoms with Gasteiger partial charge in [-0.15, -0.1) is 0 Å². The van der Waals surface area contributed by atoms with Crippen molar-refractivity contribution < 1.29 is 14.3 Å². The van der Waals surface area contributed by atoms with Crippen LogP contribution in [0.1, 0.15) is 47.0 Å². The molecule has 2 aromatic carbocycles. The molecule has 0 atom stereocenters. The number of unbranched alkanes of at least 4 members (excludes halogenated alkanes) is 1. The number of aromatic amines is 1. The summed E-state index contributed by atoms with van der Waals surface area (Å²) < 4.78 is 5.41. The Labute approximate surface area is 199 Å². The summed E-state index contributed by atoms with van der Waals surface area (Å²) in [6, 6.07) is 14.7. The number of amides is 2. The van der Waals surface area contributed by atoms with E-state index in [0.29, 0.717) is 49.1 Å². The Hall–Kier alpha value is -3.68. The standard InChI is InChI=1S/C26H32N4O4/c1-5-30(25(33)34-26(2,3)4)16-9-8-15-22(31)27-19-12-10-11-18(17-19)23-20-13-6-7-14-21(20)24(32)29-28-23/h6-7,10-14,17H,5,8-9,15-16H2,1-4H3,(H,27,31)(H,29,32). The highest BCUT2D eigenvalue weighted by molar-refractivity contribution is 5.95. The lowest BCUT2D eigenvalue weighted by Gasteiger charge is -2.26. The van der Waals surface area contributed by atoms with Gasteiger partial charge in [0.25, 0.3) is 5.56 Å². The van der Waals surface area contributed by atoms with Crippen LogP contribution in [-0.2, 0) is 9.53 Å². The number of carbonyl (C=O) groups excluding carboxylic acids is 2. The summed E-state index contributed by atoms with van der Waals surface area (Å²) in [6.45, 7) is 8.53. The highest BCUT2D eigenvalue weighted by atomic mass is 16.6. The van der Waals surface area contributed by atoms with Gasteiger partial charge in [0.15, 0.2) is 0 Å². The normalized spacial score (nSPS) is 11.3. The third-order valence-corrected chi connectivity index (χ3v) is 5.23. The molecule has 1 aromatic heterocycles. The Morgan fingerprint density at radius 2 is 1.79 bits per heavy atom. The van der Waals surface area contributed by atoms with Gasteiger partial charge in [-0.05, 0) is 58.7 Å². The monoisotopic (exact) mass is 464 g/mol. The smallest absolute Gasteiger partial charge is 0.410 e. The Morgan fingerprint density at radius 3 is 2.50 bits per heavy atom. The van der Waals surface area contributed by atoms with E-state index in [-0.39, 0.29) is 17.6 Å². The topological polar surface area (TPSA) is 104 Å². The number of anilines is 1. The van der Waals surface area contributed by atoms with Crippen LogP contribution in [-0.4, -0.2) is 45.8 Å². The molecule has 3 aromatic rings. The first kappa shape index (κ1) is 25.0. The van der Waals surface area contributed by atoms with Gasteiger partial charge in [0.05, 0.1) is 11.1 Å². The van der Waals surface area contributed by atoms with Crippen LogP contribution in [0.5, 0.6) is 0 Å². The molecule has 0 aliphatic rings. The van der Waals surface area contributed by atoms with Crippen LogP contribution < -0.4 is 10.9 Å². The zero-order valence-electron chi connectivity index (χ0n) is 20.2. The minimum absolute atomic E-state index is 0.100. The molecule has 2 N–H and O–H groups in total. The Kier molecular flexibility index (Phi) is 8.04. The number of hydrogen-bond acceptors (Lipinski definition) is 5. The van der Waals surface area contributed by atoms with Crippen LogP contribution in [0, 0.1) is 0 Å². The van der Waals surface area contributed by atoms with Crippen molar-refractivity contribution in [2.75, 3.05) is 18.4 Å². The van der Waals surface area contributed by atoms with Crippen LogP contribution in [0.4, 0.5) is 10.5 Å². The maximum absolute atomic E-state index is 12.5. The maximum Gasteiger partial charge on any atom is 0.410 e. The fraction of sp³-hybridized carbons (Fsp3) is 0.385. The second kappa shape index (κ2) is 11.0. The van der Waals surface area contributed by atoms with Gasteiger partial charge in [-0.3, -0.25) is 9.59 Å². The highest BCUT2D eigenvalue weighted by Gasteiger charge is 2.20. The number of benzene rings is 2. The zero-order chi connectivity index (χ0) is 24.7. The molecule has 1 heterocycles. The predicted octanol–water partition coefficient (Wildman–Crippen LogP) is 4.96. The molecule has 0 saturated carbocycles. The quantitative estimate of drug-likeness (QED) is 0.459. The average Bonchev–Trinajstić information content (AvgIpc) is 2.78. The van der Waals surface area contributed by atoms with Crippen molar-refractivity contribution >= 4 is 28.5 Å². The summed E-state index contributed by atoms with van der Waals surface area (Å²) in [5.41, 5.74) is 1.32. The molecule has 0 aliphatic heterocycles. The molecule has 8 heteroatoms. The Morgan fingerprint density at radius 1 is 1.06 bits per heavy atom. The van der Waals surface area contributed by atoms with E-state index in [9.17, 15) is 14.4 Å². The molecule has 0 radical (unpaired) electrons. The lowest BCUT2D eigenvalue weighted by molar-refractivity contribution is -0.116. The van der Waals surface area contributed by atoms with Crippen molar-refractivity contribution in [3.63, 3.8) is 0 Å². The first-order valence-corrected chi connectivity index (χ1v) is 11.5. The first-order chi connectivity index (χ1) is 16.2. The van der Waals surface area contributed by atoms with E-state index in [4.69, 9.17) is 4.74 Å². The SMILES string of the molecule is CCN(CCCCC(=O)Nc1cccc(-c2n[nH]c(=O)c3ccccc23)c1)C(=O)OC(C)(C)C. The molecule has 0 aliphatic carbocycles. The molecule has 0 unspecified atom stereocenters. The number of ether oxygens (including phenoxy) is 1. The van der Waals surface area contributed by atoms with E-state index in [1.165, 1.54) is 0 Å². The van der Waals surface area contributed by atoms with E-state index >= 15 is 0 Å². The van der Waals surface area contributed by atoms with Crippen LogP contribution in [0.25, 0.3) is 22.0 Å². The molecule has 0 bridgehead atoms. The number of H-pyrrole nitrogens is 1. The van der Waals surface area contributed by atoms with Gasteiger partial charge in [0.2, 0.25) is 5.91 Å². The molecule has 180 valence electrons.